The highest BCUT2D eigenvalue weighted by atomic mass is 16.4. The summed E-state index contributed by atoms with van der Waals surface area (Å²) < 4.78 is 0. The van der Waals surface area contributed by atoms with Crippen LogP contribution < -0.4 is 0 Å². The third-order valence-electron chi connectivity index (χ3n) is 1.77. The fraction of sp³-hybridized carbons (Fsp3) is 0.833. The number of oxime groups is 1. The van der Waals surface area contributed by atoms with Crippen LogP contribution in [0, 0.1) is 5.41 Å². The maximum Gasteiger partial charge on any atom is 0.0441 e. The van der Waals surface area contributed by atoms with Gasteiger partial charge in [-0.05, 0) is 24.7 Å². The first-order chi connectivity index (χ1) is 3.77. The number of hydrogen-bond acceptors (Lipinski definition) is 2. The van der Waals surface area contributed by atoms with Gasteiger partial charge in [0.2, 0.25) is 0 Å². The average Bonchev–Trinajstić information content (AvgIpc) is 2.45. The zero-order valence-electron chi connectivity index (χ0n) is 5.09. The Morgan fingerprint density at radius 1 is 1.75 bits per heavy atom. The van der Waals surface area contributed by atoms with E-state index < -0.39 is 0 Å². The van der Waals surface area contributed by atoms with Gasteiger partial charge in [-0.2, -0.15) is 0 Å². The molecule has 2 nitrogen and oxygen atoms in total. The van der Waals surface area contributed by atoms with Gasteiger partial charge in [-0.25, -0.2) is 0 Å². The van der Waals surface area contributed by atoms with E-state index in [2.05, 4.69) is 12.1 Å². The lowest BCUT2D eigenvalue weighted by Gasteiger charge is -1.97. The first-order valence-electron chi connectivity index (χ1n) is 2.93. The third-order valence-corrected chi connectivity index (χ3v) is 1.77. The van der Waals surface area contributed by atoms with Crippen molar-refractivity contribution in [3.63, 3.8) is 0 Å². The lowest BCUT2D eigenvalue weighted by molar-refractivity contribution is 0.319. The maximum atomic E-state index is 8.03. The van der Waals surface area contributed by atoms with Crippen molar-refractivity contribution < 1.29 is 5.21 Å². The molecule has 1 aliphatic rings. The van der Waals surface area contributed by atoms with Crippen molar-refractivity contribution >= 4 is 6.21 Å². The molecule has 0 bridgehead atoms. The molecule has 0 aromatic rings. The molecule has 0 aliphatic heterocycles. The van der Waals surface area contributed by atoms with Gasteiger partial charge in [0.25, 0.3) is 0 Å². The summed E-state index contributed by atoms with van der Waals surface area (Å²) in [5.74, 6) is 0. The molecule has 46 valence electrons. The van der Waals surface area contributed by atoms with Crippen LogP contribution in [0.1, 0.15) is 26.2 Å². The standard InChI is InChI=1S/C6H11NO/c1-6(2-3-6)4-5-7-8/h5,8H,2-4H2,1H3/b7-5+. The monoisotopic (exact) mass is 113 g/mol. The van der Waals surface area contributed by atoms with Crippen LogP contribution in [-0.4, -0.2) is 11.4 Å². The van der Waals surface area contributed by atoms with E-state index in [1.54, 1.807) is 6.21 Å². The highest BCUT2D eigenvalue weighted by Gasteiger charge is 2.35. The molecule has 0 atom stereocenters. The summed E-state index contributed by atoms with van der Waals surface area (Å²) in [6, 6.07) is 0. The zero-order chi connectivity index (χ0) is 6.04. The fourth-order valence-electron chi connectivity index (χ4n) is 0.679. The van der Waals surface area contributed by atoms with Crippen LogP contribution in [0.3, 0.4) is 0 Å². The van der Waals surface area contributed by atoms with Crippen LogP contribution in [0.5, 0.6) is 0 Å². The smallest absolute Gasteiger partial charge is 0.0441 e. The van der Waals surface area contributed by atoms with Gasteiger partial charge < -0.3 is 5.21 Å². The van der Waals surface area contributed by atoms with Crippen molar-refractivity contribution in [3.05, 3.63) is 0 Å². The van der Waals surface area contributed by atoms with Gasteiger partial charge in [-0.1, -0.05) is 6.92 Å². The Hall–Kier alpha value is -0.530. The Morgan fingerprint density at radius 2 is 2.38 bits per heavy atom. The van der Waals surface area contributed by atoms with E-state index in [1.807, 2.05) is 0 Å². The van der Waals surface area contributed by atoms with E-state index in [-0.39, 0.29) is 0 Å². The first-order valence-corrected chi connectivity index (χ1v) is 2.93. The molecule has 0 heterocycles. The van der Waals surface area contributed by atoms with Gasteiger partial charge >= 0.3 is 0 Å². The number of rotatable bonds is 2. The number of hydrogen-bond donors (Lipinski definition) is 1. The Labute approximate surface area is 49.2 Å². The molecule has 1 fully saturated rings. The first kappa shape index (κ1) is 5.60. The van der Waals surface area contributed by atoms with Gasteiger partial charge in [0, 0.05) is 6.21 Å². The molecule has 2 heteroatoms. The highest BCUT2D eigenvalue weighted by molar-refractivity contribution is 5.57. The Kier molecular flexibility index (Phi) is 1.24. The lowest BCUT2D eigenvalue weighted by atomic mass is 10.1. The normalized spacial score (nSPS) is 24.1. The summed E-state index contributed by atoms with van der Waals surface area (Å²) >= 11 is 0. The molecule has 0 aromatic carbocycles. The summed E-state index contributed by atoms with van der Waals surface area (Å²) in [6.45, 7) is 2.20. The summed E-state index contributed by atoms with van der Waals surface area (Å²) in [7, 11) is 0. The van der Waals surface area contributed by atoms with Crippen molar-refractivity contribution in [2.45, 2.75) is 26.2 Å². The van der Waals surface area contributed by atoms with Crippen LogP contribution in [0.25, 0.3) is 0 Å². The van der Waals surface area contributed by atoms with Gasteiger partial charge in [0.15, 0.2) is 0 Å². The Morgan fingerprint density at radius 3 is 2.75 bits per heavy atom. The van der Waals surface area contributed by atoms with Crippen LogP contribution in [0.15, 0.2) is 5.16 Å². The van der Waals surface area contributed by atoms with E-state index in [0.717, 1.165) is 6.42 Å². The van der Waals surface area contributed by atoms with Gasteiger partial charge in [-0.3, -0.25) is 0 Å². The summed E-state index contributed by atoms with van der Waals surface area (Å²) in [4.78, 5) is 0. The van der Waals surface area contributed by atoms with Crippen LogP contribution in [0.4, 0.5) is 0 Å². The largest absolute Gasteiger partial charge is 0.411 e. The minimum Gasteiger partial charge on any atom is -0.411 e. The second-order valence-electron chi connectivity index (χ2n) is 2.81. The zero-order valence-corrected chi connectivity index (χ0v) is 5.09. The predicted molar refractivity (Wildman–Crippen MR) is 32.2 cm³/mol. The molecule has 0 aromatic heterocycles. The second-order valence-corrected chi connectivity index (χ2v) is 2.81. The second kappa shape index (κ2) is 1.77. The molecule has 1 saturated carbocycles. The molecule has 0 amide bonds. The van der Waals surface area contributed by atoms with Crippen molar-refractivity contribution in [2.24, 2.45) is 10.6 Å². The minimum absolute atomic E-state index is 0.492. The van der Waals surface area contributed by atoms with Crippen LogP contribution in [0.2, 0.25) is 0 Å². The lowest BCUT2D eigenvalue weighted by Crippen LogP contribution is -1.91. The SMILES string of the molecule is CC1(C/C=N/O)CC1. The molecule has 1 N–H and O–H groups in total. The van der Waals surface area contributed by atoms with E-state index in [0.29, 0.717) is 5.41 Å². The van der Waals surface area contributed by atoms with E-state index in [9.17, 15) is 0 Å². The number of nitrogens with zero attached hydrogens (tertiary/aromatic N) is 1. The van der Waals surface area contributed by atoms with E-state index in [4.69, 9.17) is 5.21 Å². The van der Waals surface area contributed by atoms with E-state index >= 15 is 0 Å². The highest BCUT2D eigenvalue weighted by Crippen LogP contribution is 2.47. The molecule has 8 heavy (non-hydrogen) atoms. The van der Waals surface area contributed by atoms with Gasteiger partial charge in [-0.15, -0.1) is 5.16 Å². The quantitative estimate of drug-likeness (QED) is 0.329. The van der Waals surface area contributed by atoms with Crippen LogP contribution >= 0.6 is 0 Å². The van der Waals surface area contributed by atoms with Crippen molar-refractivity contribution in [1.29, 1.82) is 0 Å². The molecule has 1 rings (SSSR count). The van der Waals surface area contributed by atoms with Crippen molar-refractivity contribution in [1.82, 2.24) is 0 Å². The predicted octanol–water partition coefficient (Wildman–Crippen LogP) is 1.64. The molecule has 0 unspecified atom stereocenters. The van der Waals surface area contributed by atoms with Crippen LogP contribution in [-0.2, 0) is 0 Å². The fourth-order valence-corrected chi connectivity index (χ4v) is 0.679. The Balaban J connectivity index is 2.19. The molecule has 1 aliphatic carbocycles. The molecule has 0 spiro atoms. The van der Waals surface area contributed by atoms with Crippen molar-refractivity contribution in [3.8, 4) is 0 Å². The summed E-state index contributed by atoms with van der Waals surface area (Å²) in [5.41, 5.74) is 0.492. The summed E-state index contributed by atoms with van der Waals surface area (Å²) in [5, 5.41) is 11.0. The molecule has 0 radical (unpaired) electrons. The third kappa shape index (κ3) is 1.22. The van der Waals surface area contributed by atoms with Gasteiger partial charge in [0.05, 0.1) is 0 Å². The summed E-state index contributed by atoms with van der Waals surface area (Å²) in [6.07, 6.45) is 5.09. The maximum absolute atomic E-state index is 8.03. The molecule has 0 saturated heterocycles. The topological polar surface area (TPSA) is 32.6 Å². The molecular formula is C6H11NO. The average molecular weight is 113 g/mol. The minimum atomic E-state index is 0.492. The van der Waals surface area contributed by atoms with E-state index in [1.165, 1.54) is 12.8 Å². The molecular weight excluding hydrogens is 102 g/mol. The van der Waals surface area contributed by atoms with Gasteiger partial charge in [0.1, 0.15) is 0 Å². The van der Waals surface area contributed by atoms with Crippen molar-refractivity contribution in [2.75, 3.05) is 0 Å². The Bertz CT molecular complexity index is 105.